The number of hydrogen-bond acceptors (Lipinski definition) is 4. The Labute approximate surface area is 122 Å². The molecule has 20 heavy (non-hydrogen) atoms. The van der Waals surface area contributed by atoms with E-state index in [1.165, 1.54) is 16.5 Å². The fourth-order valence-electron chi connectivity index (χ4n) is 1.90. The lowest BCUT2D eigenvalue weighted by molar-refractivity contribution is -0.384. The highest BCUT2D eigenvalue weighted by Gasteiger charge is 2.07. The van der Waals surface area contributed by atoms with Crippen molar-refractivity contribution in [1.82, 2.24) is 0 Å². The van der Waals surface area contributed by atoms with Crippen LogP contribution in [0.2, 0.25) is 0 Å². The van der Waals surface area contributed by atoms with Crippen LogP contribution >= 0.6 is 11.8 Å². The molecule has 0 aliphatic carbocycles. The van der Waals surface area contributed by atoms with Crippen molar-refractivity contribution in [3.63, 3.8) is 0 Å². The van der Waals surface area contributed by atoms with Crippen LogP contribution < -0.4 is 5.32 Å². The van der Waals surface area contributed by atoms with E-state index in [0.29, 0.717) is 6.54 Å². The van der Waals surface area contributed by atoms with Crippen LogP contribution in [0.4, 0.5) is 11.4 Å². The summed E-state index contributed by atoms with van der Waals surface area (Å²) < 4.78 is 0. The van der Waals surface area contributed by atoms with Gasteiger partial charge in [-0.25, -0.2) is 0 Å². The number of nitro benzene ring substituents is 1. The molecule has 0 aromatic heterocycles. The number of nitrogens with one attached hydrogen (secondary N) is 1. The van der Waals surface area contributed by atoms with E-state index in [0.717, 1.165) is 11.3 Å². The van der Waals surface area contributed by atoms with Crippen LogP contribution in [0.25, 0.3) is 0 Å². The van der Waals surface area contributed by atoms with Gasteiger partial charge in [-0.2, -0.15) is 0 Å². The molecule has 0 unspecified atom stereocenters. The molecule has 0 heterocycles. The average Bonchev–Trinajstić information content (AvgIpc) is 2.46. The number of rotatable bonds is 5. The smallest absolute Gasteiger partial charge is 0.269 e. The first kappa shape index (κ1) is 14.4. The number of hydrogen-bond donors (Lipinski definition) is 1. The number of anilines is 1. The van der Waals surface area contributed by atoms with Crippen LogP contribution in [0.3, 0.4) is 0 Å². The van der Waals surface area contributed by atoms with Gasteiger partial charge in [0.05, 0.1) is 4.92 Å². The van der Waals surface area contributed by atoms with Gasteiger partial charge in [-0.1, -0.05) is 12.1 Å². The quantitative estimate of drug-likeness (QED) is 0.508. The van der Waals surface area contributed by atoms with Gasteiger partial charge in [0, 0.05) is 29.3 Å². The summed E-state index contributed by atoms with van der Waals surface area (Å²) in [6.07, 6.45) is 2.05. The third-order valence-corrected chi connectivity index (χ3v) is 3.81. The Kier molecular flexibility index (Phi) is 4.63. The number of nitrogens with zero attached hydrogens (tertiary/aromatic N) is 1. The van der Waals surface area contributed by atoms with Crippen molar-refractivity contribution in [2.24, 2.45) is 0 Å². The topological polar surface area (TPSA) is 55.2 Å². The highest BCUT2D eigenvalue weighted by molar-refractivity contribution is 7.98. The van der Waals surface area contributed by atoms with Gasteiger partial charge >= 0.3 is 0 Å². The molecule has 0 fully saturated rings. The van der Waals surface area contributed by atoms with Crippen LogP contribution in [0.15, 0.2) is 47.4 Å². The van der Waals surface area contributed by atoms with E-state index in [-0.39, 0.29) is 10.6 Å². The lowest BCUT2D eigenvalue weighted by Gasteiger charge is -2.09. The Morgan fingerprint density at radius 3 is 2.45 bits per heavy atom. The van der Waals surface area contributed by atoms with Crippen molar-refractivity contribution in [2.45, 2.75) is 18.4 Å². The number of non-ortho nitro benzene ring substituents is 1. The summed E-state index contributed by atoms with van der Waals surface area (Å²) in [5, 5.41) is 14.0. The summed E-state index contributed by atoms with van der Waals surface area (Å²) in [5.41, 5.74) is 3.10. The molecule has 0 saturated heterocycles. The number of benzene rings is 2. The van der Waals surface area contributed by atoms with E-state index < -0.39 is 0 Å². The normalized spacial score (nSPS) is 10.3. The predicted molar refractivity (Wildman–Crippen MR) is 83.4 cm³/mol. The third-order valence-electron chi connectivity index (χ3n) is 3.06. The fourth-order valence-corrected chi connectivity index (χ4v) is 2.31. The molecule has 104 valence electrons. The van der Waals surface area contributed by atoms with E-state index in [4.69, 9.17) is 0 Å². The molecule has 0 radical (unpaired) electrons. The number of thioether (sulfide) groups is 1. The van der Waals surface area contributed by atoms with Crippen LogP contribution in [0.1, 0.15) is 11.1 Å². The Hall–Kier alpha value is -2.01. The maximum atomic E-state index is 10.7. The largest absolute Gasteiger partial charge is 0.381 e. The van der Waals surface area contributed by atoms with Gasteiger partial charge in [-0.05, 0) is 42.5 Å². The minimum Gasteiger partial charge on any atom is -0.381 e. The van der Waals surface area contributed by atoms with Crippen LogP contribution in [0, 0.1) is 17.0 Å². The first-order chi connectivity index (χ1) is 9.60. The first-order valence-electron chi connectivity index (χ1n) is 6.22. The molecule has 2 rings (SSSR count). The van der Waals surface area contributed by atoms with Crippen molar-refractivity contribution >= 4 is 23.1 Å². The standard InChI is InChI=1S/C15H16N2O2S/c1-11-9-13(17(18)19)5-8-15(11)16-10-12-3-6-14(20-2)7-4-12/h3-9,16H,10H2,1-2H3. The Bertz CT molecular complexity index is 612. The molecule has 0 aliphatic heterocycles. The molecule has 0 atom stereocenters. The molecule has 0 aliphatic rings. The molecule has 2 aromatic rings. The van der Waals surface area contributed by atoms with Gasteiger partial charge in [-0.3, -0.25) is 10.1 Å². The van der Waals surface area contributed by atoms with Gasteiger partial charge in [0.1, 0.15) is 0 Å². The highest BCUT2D eigenvalue weighted by Crippen LogP contribution is 2.22. The summed E-state index contributed by atoms with van der Waals surface area (Å²) in [6.45, 7) is 2.57. The Balaban J connectivity index is 2.04. The Morgan fingerprint density at radius 2 is 1.90 bits per heavy atom. The monoisotopic (exact) mass is 288 g/mol. The molecule has 0 spiro atoms. The van der Waals surface area contributed by atoms with E-state index in [1.807, 2.05) is 13.2 Å². The molecular weight excluding hydrogens is 272 g/mol. The van der Waals surface area contributed by atoms with Crippen molar-refractivity contribution in [2.75, 3.05) is 11.6 Å². The minimum absolute atomic E-state index is 0.123. The lowest BCUT2D eigenvalue weighted by atomic mass is 10.1. The van der Waals surface area contributed by atoms with Gasteiger partial charge in [-0.15, -0.1) is 11.8 Å². The zero-order valence-corrected chi connectivity index (χ0v) is 12.2. The van der Waals surface area contributed by atoms with Crippen molar-refractivity contribution < 1.29 is 4.92 Å². The SMILES string of the molecule is CSc1ccc(CNc2ccc([N+](=O)[O-])cc2C)cc1. The molecule has 5 heteroatoms. The van der Waals surface area contributed by atoms with Gasteiger partial charge in [0.15, 0.2) is 0 Å². The van der Waals surface area contributed by atoms with Crippen molar-refractivity contribution in [3.8, 4) is 0 Å². The summed E-state index contributed by atoms with van der Waals surface area (Å²) >= 11 is 1.71. The van der Waals surface area contributed by atoms with Gasteiger partial charge in [0.25, 0.3) is 5.69 Å². The molecule has 0 bridgehead atoms. The van der Waals surface area contributed by atoms with E-state index >= 15 is 0 Å². The van der Waals surface area contributed by atoms with Gasteiger partial charge < -0.3 is 5.32 Å². The molecule has 1 N–H and O–H groups in total. The van der Waals surface area contributed by atoms with Crippen LogP contribution in [-0.4, -0.2) is 11.2 Å². The number of aryl methyl sites for hydroxylation is 1. The van der Waals surface area contributed by atoms with Crippen molar-refractivity contribution in [3.05, 3.63) is 63.7 Å². The molecular formula is C15H16N2O2S. The molecule has 0 amide bonds. The summed E-state index contributed by atoms with van der Waals surface area (Å²) in [7, 11) is 0. The minimum atomic E-state index is -0.377. The second-order valence-corrected chi connectivity index (χ2v) is 5.34. The fraction of sp³-hybridized carbons (Fsp3) is 0.200. The highest BCUT2D eigenvalue weighted by atomic mass is 32.2. The average molecular weight is 288 g/mol. The lowest BCUT2D eigenvalue weighted by Crippen LogP contribution is -2.01. The summed E-state index contributed by atoms with van der Waals surface area (Å²) in [6, 6.07) is 13.2. The maximum absolute atomic E-state index is 10.7. The van der Waals surface area contributed by atoms with Gasteiger partial charge in [0.2, 0.25) is 0 Å². The van der Waals surface area contributed by atoms with E-state index in [1.54, 1.807) is 23.9 Å². The number of nitro groups is 1. The third kappa shape index (κ3) is 3.51. The van der Waals surface area contributed by atoms with Crippen LogP contribution in [-0.2, 0) is 6.54 Å². The van der Waals surface area contributed by atoms with Crippen molar-refractivity contribution in [1.29, 1.82) is 0 Å². The molecule has 4 nitrogen and oxygen atoms in total. The first-order valence-corrected chi connectivity index (χ1v) is 7.44. The zero-order chi connectivity index (χ0) is 14.5. The summed E-state index contributed by atoms with van der Waals surface area (Å²) in [5.74, 6) is 0. The second kappa shape index (κ2) is 6.43. The van der Waals surface area contributed by atoms with E-state index in [9.17, 15) is 10.1 Å². The maximum Gasteiger partial charge on any atom is 0.269 e. The molecule has 0 saturated carbocycles. The summed E-state index contributed by atoms with van der Waals surface area (Å²) in [4.78, 5) is 11.5. The van der Waals surface area contributed by atoms with E-state index in [2.05, 4.69) is 29.6 Å². The van der Waals surface area contributed by atoms with Crippen LogP contribution in [0.5, 0.6) is 0 Å². The Morgan fingerprint density at radius 1 is 1.20 bits per heavy atom. The molecule has 2 aromatic carbocycles. The zero-order valence-electron chi connectivity index (χ0n) is 11.4. The predicted octanol–water partition coefficient (Wildman–Crippen LogP) is 4.24. The second-order valence-electron chi connectivity index (χ2n) is 4.46.